The fraction of sp³-hybridized carbons (Fsp3) is 0.571. The van der Waals surface area contributed by atoms with Gasteiger partial charge in [0.1, 0.15) is 5.75 Å². The van der Waals surface area contributed by atoms with Crippen LogP contribution in [-0.4, -0.2) is 12.4 Å². The molecule has 0 saturated heterocycles. The van der Waals surface area contributed by atoms with Gasteiger partial charge in [-0.3, -0.25) is 0 Å². The normalized spacial score (nSPS) is 13.3. The van der Waals surface area contributed by atoms with E-state index >= 15 is 0 Å². The molecule has 0 aliphatic rings. The summed E-state index contributed by atoms with van der Waals surface area (Å²) in [6.07, 6.45) is -1.19. The molecule has 1 unspecified atom stereocenters. The Morgan fingerprint density at radius 2 is 1.84 bits per heavy atom. The Labute approximate surface area is 112 Å². The minimum absolute atomic E-state index is 0.185. The first-order valence-electron chi connectivity index (χ1n) is 6.49. The summed E-state index contributed by atoms with van der Waals surface area (Å²) >= 11 is 0. The molecule has 1 aromatic carbocycles. The van der Waals surface area contributed by atoms with E-state index in [-0.39, 0.29) is 5.75 Å². The van der Waals surface area contributed by atoms with Gasteiger partial charge in [-0.2, -0.15) is 0 Å². The minimum atomic E-state index is -4.63. The third kappa shape index (κ3) is 7.06. The van der Waals surface area contributed by atoms with Crippen molar-refractivity contribution in [2.75, 3.05) is 0 Å². The lowest BCUT2D eigenvalue weighted by Gasteiger charge is -2.14. The quantitative estimate of drug-likeness (QED) is 0.803. The average molecular weight is 275 g/mol. The molecule has 1 N–H and O–H groups in total. The fourth-order valence-corrected chi connectivity index (χ4v) is 1.71. The van der Waals surface area contributed by atoms with Gasteiger partial charge >= 0.3 is 6.36 Å². The molecule has 0 heterocycles. The Kier molecular flexibility index (Phi) is 6.15. The highest BCUT2D eigenvalue weighted by molar-refractivity contribution is 5.27. The smallest absolute Gasteiger partial charge is 0.406 e. The van der Waals surface area contributed by atoms with E-state index in [0.717, 1.165) is 18.4 Å². The molecule has 0 amide bonds. The lowest BCUT2D eigenvalue weighted by atomic mass is 10.1. The lowest BCUT2D eigenvalue weighted by Crippen LogP contribution is -2.25. The number of halogens is 3. The van der Waals surface area contributed by atoms with Crippen molar-refractivity contribution in [1.29, 1.82) is 0 Å². The summed E-state index contributed by atoms with van der Waals surface area (Å²) in [7, 11) is 0. The van der Waals surface area contributed by atoms with E-state index in [1.807, 2.05) is 0 Å². The molecule has 0 bridgehead atoms. The third-order valence-corrected chi connectivity index (χ3v) is 2.80. The van der Waals surface area contributed by atoms with E-state index in [1.54, 1.807) is 12.1 Å². The molecule has 2 nitrogen and oxygen atoms in total. The van der Waals surface area contributed by atoms with E-state index in [2.05, 4.69) is 23.9 Å². The largest absolute Gasteiger partial charge is 0.573 e. The standard InChI is InChI=1S/C14H20F3NO/c1-3-4-5-11(2)18-10-12-6-8-13(9-7-12)19-14(15,16)17/h6-9,11,18H,3-5,10H2,1-2H3. The highest BCUT2D eigenvalue weighted by atomic mass is 19.4. The molecule has 0 radical (unpaired) electrons. The molecule has 0 aliphatic heterocycles. The van der Waals surface area contributed by atoms with Crippen LogP contribution in [0.25, 0.3) is 0 Å². The van der Waals surface area contributed by atoms with Crippen molar-refractivity contribution in [3.05, 3.63) is 29.8 Å². The molecule has 0 saturated carbocycles. The summed E-state index contributed by atoms with van der Waals surface area (Å²) in [5, 5.41) is 3.34. The number of nitrogens with one attached hydrogen (secondary N) is 1. The molecule has 0 aromatic heterocycles. The maximum Gasteiger partial charge on any atom is 0.573 e. The second kappa shape index (κ2) is 7.38. The molecule has 1 rings (SSSR count). The molecule has 0 spiro atoms. The van der Waals surface area contributed by atoms with Crippen molar-refractivity contribution in [2.45, 2.75) is 52.1 Å². The molecule has 1 aromatic rings. The highest BCUT2D eigenvalue weighted by Crippen LogP contribution is 2.22. The van der Waals surface area contributed by atoms with E-state index in [1.165, 1.54) is 18.6 Å². The van der Waals surface area contributed by atoms with Crippen molar-refractivity contribution < 1.29 is 17.9 Å². The molecule has 0 aliphatic carbocycles. The monoisotopic (exact) mass is 275 g/mol. The van der Waals surface area contributed by atoms with E-state index in [4.69, 9.17) is 0 Å². The van der Waals surface area contributed by atoms with E-state index in [0.29, 0.717) is 12.6 Å². The van der Waals surface area contributed by atoms with Crippen LogP contribution in [0.15, 0.2) is 24.3 Å². The molecule has 0 fully saturated rings. The summed E-state index contributed by atoms with van der Waals surface area (Å²) in [5.74, 6) is -0.185. The van der Waals surface area contributed by atoms with Crippen LogP contribution < -0.4 is 10.1 Å². The molecule has 5 heteroatoms. The molecule has 108 valence electrons. The Balaban J connectivity index is 2.40. The van der Waals surface area contributed by atoms with Crippen molar-refractivity contribution in [1.82, 2.24) is 5.32 Å². The Morgan fingerprint density at radius 1 is 1.21 bits per heavy atom. The van der Waals surface area contributed by atoms with Gasteiger partial charge in [-0.05, 0) is 31.0 Å². The van der Waals surface area contributed by atoms with Gasteiger partial charge in [-0.25, -0.2) is 0 Å². The zero-order chi connectivity index (χ0) is 14.3. The van der Waals surface area contributed by atoms with Crippen LogP contribution in [0.4, 0.5) is 13.2 Å². The van der Waals surface area contributed by atoms with Crippen LogP contribution in [-0.2, 0) is 6.54 Å². The Hall–Kier alpha value is -1.23. The van der Waals surface area contributed by atoms with Crippen LogP contribution >= 0.6 is 0 Å². The van der Waals surface area contributed by atoms with E-state index < -0.39 is 6.36 Å². The third-order valence-electron chi connectivity index (χ3n) is 2.80. The first-order chi connectivity index (χ1) is 8.90. The van der Waals surface area contributed by atoms with Gasteiger partial charge in [0.25, 0.3) is 0 Å². The van der Waals surface area contributed by atoms with Crippen molar-refractivity contribution in [2.24, 2.45) is 0 Å². The second-order valence-electron chi connectivity index (χ2n) is 4.62. The Morgan fingerprint density at radius 3 is 2.37 bits per heavy atom. The van der Waals surface area contributed by atoms with Gasteiger partial charge in [0.15, 0.2) is 0 Å². The van der Waals surface area contributed by atoms with Crippen molar-refractivity contribution >= 4 is 0 Å². The van der Waals surface area contributed by atoms with Gasteiger partial charge in [0, 0.05) is 12.6 Å². The van der Waals surface area contributed by atoms with Gasteiger partial charge in [0.05, 0.1) is 0 Å². The van der Waals surface area contributed by atoms with Gasteiger partial charge in [-0.15, -0.1) is 13.2 Å². The number of unbranched alkanes of at least 4 members (excludes halogenated alkanes) is 1. The van der Waals surface area contributed by atoms with Gasteiger partial charge in [-0.1, -0.05) is 31.9 Å². The minimum Gasteiger partial charge on any atom is -0.406 e. The first kappa shape index (κ1) is 15.8. The second-order valence-corrected chi connectivity index (χ2v) is 4.62. The lowest BCUT2D eigenvalue weighted by molar-refractivity contribution is -0.274. The SMILES string of the molecule is CCCCC(C)NCc1ccc(OC(F)(F)F)cc1. The molecule has 1 atom stereocenters. The zero-order valence-electron chi connectivity index (χ0n) is 11.3. The number of hydrogen-bond donors (Lipinski definition) is 1. The van der Waals surface area contributed by atoms with Crippen LogP contribution in [0.3, 0.4) is 0 Å². The Bertz CT molecular complexity index is 362. The maximum absolute atomic E-state index is 12.0. The zero-order valence-corrected chi connectivity index (χ0v) is 11.3. The molecular weight excluding hydrogens is 255 g/mol. The van der Waals surface area contributed by atoms with Crippen molar-refractivity contribution in [3.63, 3.8) is 0 Å². The van der Waals surface area contributed by atoms with Crippen LogP contribution in [0, 0.1) is 0 Å². The summed E-state index contributed by atoms with van der Waals surface area (Å²) in [6, 6.07) is 6.36. The summed E-state index contributed by atoms with van der Waals surface area (Å²) < 4.78 is 39.8. The fourth-order valence-electron chi connectivity index (χ4n) is 1.71. The number of benzene rings is 1. The number of rotatable bonds is 7. The van der Waals surface area contributed by atoms with Gasteiger partial charge in [0.2, 0.25) is 0 Å². The number of alkyl halides is 3. The topological polar surface area (TPSA) is 21.3 Å². The molecular formula is C14H20F3NO. The maximum atomic E-state index is 12.0. The predicted octanol–water partition coefficient (Wildman–Crippen LogP) is 4.25. The predicted molar refractivity (Wildman–Crippen MR) is 69.0 cm³/mol. The van der Waals surface area contributed by atoms with Crippen LogP contribution in [0.2, 0.25) is 0 Å². The van der Waals surface area contributed by atoms with Gasteiger partial charge < -0.3 is 10.1 Å². The average Bonchev–Trinajstić information content (AvgIpc) is 2.33. The van der Waals surface area contributed by atoms with Crippen molar-refractivity contribution in [3.8, 4) is 5.75 Å². The van der Waals surface area contributed by atoms with Crippen LogP contribution in [0.5, 0.6) is 5.75 Å². The summed E-state index contributed by atoms with van der Waals surface area (Å²) in [6.45, 7) is 4.90. The first-order valence-corrected chi connectivity index (χ1v) is 6.49. The summed E-state index contributed by atoms with van der Waals surface area (Å²) in [4.78, 5) is 0. The summed E-state index contributed by atoms with van der Waals surface area (Å²) in [5.41, 5.74) is 0.942. The number of hydrogen-bond acceptors (Lipinski definition) is 2. The van der Waals surface area contributed by atoms with Crippen LogP contribution in [0.1, 0.15) is 38.7 Å². The molecule has 19 heavy (non-hydrogen) atoms. The number of ether oxygens (including phenoxy) is 1. The van der Waals surface area contributed by atoms with E-state index in [9.17, 15) is 13.2 Å². The highest BCUT2D eigenvalue weighted by Gasteiger charge is 2.30.